The number of nitrogens with zero attached hydrogens (tertiary/aromatic N) is 3. The van der Waals surface area contributed by atoms with Gasteiger partial charge >= 0.3 is 5.97 Å². The highest BCUT2D eigenvalue weighted by atomic mass is 35.5. The second-order valence-corrected chi connectivity index (χ2v) is 6.72. The lowest BCUT2D eigenvalue weighted by molar-refractivity contribution is -0.384. The van der Waals surface area contributed by atoms with E-state index in [0.29, 0.717) is 4.34 Å². The number of rotatable bonds is 6. The van der Waals surface area contributed by atoms with Crippen molar-refractivity contribution in [3.8, 4) is 0 Å². The summed E-state index contributed by atoms with van der Waals surface area (Å²) in [6.07, 6.45) is 0. The van der Waals surface area contributed by atoms with Crippen molar-refractivity contribution in [2.24, 2.45) is 0 Å². The van der Waals surface area contributed by atoms with E-state index < -0.39 is 16.8 Å². The van der Waals surface area contributed by atoms with Gasteiger partial charge in [0.25, 0.3) is 11.6 Å². The van der Waals surface area contributed by atoms with Gasteiger partial charge < -0.3 is 4.74 Å². The van der Waals surface area contributed by atoms with Crippen molar-refractivity contribution in [3.05, 3.63) is 38.9 Å². The van der Waals surface area contributed by atoms with Crippen LogP contribution in [0.1, 0.15) is 10.4 Å². The lowest BCUT2D eigenvalue weighted by atomic mass is 10.2. The number of methoxy groups -OCH3 is 1. The smallest absolute Gasteiger partial charge is 0.316 e. The van der Waals surface area contributed by atoms with Crippen molar-refractivity contribution in [1.29, 1.82) is 0 Å². The number of carbonyl (C=O) groups is 2. The van der Waals surface area contributed by atoms with Gasteiger partial charge in [-0.05, 0) is 6.07 Å². The number of nitrogens with one attached hydrogen (secondary N) is 1. The van der Waals surface area contributed by atoms with Crippen molar-refractivity contribution in [2.75, 3.05) is 18.2 Å². The summed E-state index contributed by atoms with van der Waals surface area (Å²) in [6, 6.07) is 3.52. The Bertz CT molecular complexity index is 798. The standard InChI is InChI=1S/C12H9ClN4O5S2/c1-22-9(18)5-23-12-16-15-11(24-12)14-10(19)7-3-2-6(17(20)21)4-8(7)13/h2-4H,5H2,1H3,(H,14,15,19). The first-order valence-electron chi connectivity index (χ1n) is 6.19. The van der Waals surface area contributed by atoms with Gasteiger partial charge in [0.15, 0.2) is 4.34 Å². The summed E-state index contributed by atoms with van der Waals surface area (Å²) in [5.74, 6) is -0.901. The van der Waals surface area contributed by atoms with Gasteiger partial charge in [-0.15, -0.1) is 10.2 Å². The minimum atomic E-state index is -0.608. The number of hydrogen-bond acceptors (Lipinski definition) is 9. The van der Waals surface area contributed by atoms with Gasteiger partial charge in [0.1, 0.15) is 0 Å². The first-order chi connectivity index (χ1) is 11.4. The molecule has 0 aliphatic rings. The van der Waals surface area contributed by atoms with Crippen LogP contribution >= 0.6 is 34.7 Å². The number of non-ortho nitro benzene ring substituents is 1. The molecule has 0 unspecified atom stereocenters. The monoisotopic (exact) mass is 388 g/mol. The number of esters is 1. The predicted octanol–water partition coefficient (Wildman–Crippen LogP) is 2.62. The van der Waals surface area contributed by atoms with E-state index in [1.165, 1.54) is 19.2 Å². The van der Waals surface area contributed by atoms with Crippen LogP contribution in [0.2, 0.25) is 5.02 Å². The third kappa shape index (κ3) is 4.63. The number of nitro benzene ring substituents is 1. The van der Waals surface area contributed by atoms with Crippen LogP contribution in [0, 0.1) is 10.1 Å². The molecule has 1 aromatic carbocycles. The highest BCUT2D eigenvalue weighted by Crippen LogP contribution is 2.27. The van der Waals surface area contributed by atoms with Gasteiger partial charge in [0.05, 0.1) is 28.4 Å². The fourth-order valence-electron chi connectivity index (χ4n) is 1.46. The number of halogens is 1. The Balaban J connectivity index is 2.03. The van der Waals surface area contributed by atoms with Crippen molar-refractivity contribution in [2.45, 2.75) is 4.34 Å². The normalized spacial score (nSPS) is 10.2. The molecule has 2 rings (SSSR count). The molecule has 0 bridgehead atoms. The number of amides is 1. The molecular formula is C12H9ClN4O5S2. The van der Waals surface area contributed by atoms with E-state index in [0.717, 1.165) is 29.2 Å². The molecule has 0 aliphatic heterocycles. The second kappa shape index (κ2) is 8.04. The summed E-state index contributed by atoms with van der Waals surface area (Å²) < 4.78 is 4.98. The van der Waals surface area contributed by atoms with Crippen LogP contribution in [-0.4, -0.2) is 39.9 Å². The lowest BCUT2D eigenvalue weighted by Gasteiger charge is -2.03. The maximum Gasteiger partial charge on any atom is 0.316 e. The quantitative estimate of drug-likeness (QED) is 0.263. The maximum absolute atomic E-state index is 12.1. The summed E-state index contributed by atoms with van der Waals surface area (Å²) in [5, 5.41) is 20.9. The molecular weight excluding hydrogens is 380 g/mol. The maximum atomic E-state index is 12.1. The average molecular weight is 389 g/mol. The molecule has 0 aliphatic carbocycles. The molecule has 1 heterocycles. The molecule has 1 N–H and O–H groups in total. The number of thioether (sulfide) groups is 1. The molecule has 9 nitrogen and oxygen atoms in total. The van der Waals surface area contributed by atoms with E-state index >= 15 is 0 Å². The van der Waals surface area contributed by atoms with Crippen LogP contribution in [0.15, 0.2) is 22.5 Å². The van der Waals surface area contributed by atoms with Crippen LogP contribution in [0.25, 0.3) is 0 Å². The highest BCUT2D eigenvalue weighted by Gasteiger charge is 2.17. The van der Waals surface area contributed by atoms with Crippen molar-refractivity contribution in [1.82, 2.24) is 10.2 Å². The Hall–Kier alpha value is -2.24. The first kappa shape index (κ1) is 18.1. The summed E-state index contributed by atoms with van der Waals surface area (Å²) in [7, 11) is 1.28. The third-order valence-corrected chi connectivity index (χ3v) is 4.83. The Morgan fingerprint density at radius 1 is 1.46 bits per heavy atom. The van der Waals surface area contributed by atoms with Crippen LogP contribution < -0.4 is 5.32 Å². The summed E-state index contributed by atoms with van der Waals surface area (Å²) in [6.45, 7) is 0. The first-order valence-corrected chi connectivity index (χ1v) is 8.37. The zero-order chi connectivity index (χ0) is 17.7. The molecule has 0 radical (unpaired) electrons. The molecule has 0 spiro atoms. The van der Waals surface area contributed by atoms with Crippen LogP contribution in [0.3, 0.4) is 0 Å². The van der Waals surface area contributed by atoms with Gasteiger partial charge in [0, 0.05) is 12.1 Å². The lowest BCUT2D eigenvalue weighted by Crippen LogP contribution is -2.12. The second-order valence-electron chi connectivity index (χ2n) is 4.11. The molecule has 0 saturated carbocycles. The van der Waals surface area contributed by atoms with E-state index in [9.17, 15) is 19.7 Å². The number of ether oxygens (including phenoxy) is 1. The Morgan fingerprint density at radius 3 is 2.83 bits per heavy atom. The molecule has 2 aromatic rings. The Kier molecular flexibility index (Phi) is 6.06. The summed E-state index contributed by atoms with van der Waals surface area (Å²) in [5.41, 5.74) is -0.143. The van der Waals surface area contributed by atoms with Gasteiger partial charge in [-0.2, -0.15) is 0 Å². The number of nitro groups is 1. The molecule has 0 fully saturated rings. The topological polar surface area (TPSA) is 124 Å². The van der Waals surface area contributed by atoms with E-state index in [4.69, 9.17) is 11.6 Å². The molecule has 126 valence electrons. The fraction of sp³-hybridized carbons (Fsp3) is 0.167. The average Bonchev–Trinajstić information content (AvgIpc) is 2.99. The van der Waals surface area contributed by atoms with Crippen molar-refractivity contribution in [3.63, 3.8) is 0 Å². The largest absolute Gasteiger partial charge is 0.468 e. The number of anilines is 1. The zero-order valence-corrected chi connectivity index (χ0v) is 14.4. The third-order valence-electron chi connectivity index (χ3n) is 2.58. The molecule has 0 saturated heterocycles. The van der Waals surface area contributed by atoms with Gasteiger partial charge in [0.2, 0.25) is 5.13 Å². The molecule has 1 aromatic heterocycles. The SMILES string of the molecule is COC(=O)CSc1nnc(NC(=O)c2ccc([N+](=O)[O-])cc2Cl)s1. The van der Waals surface area contributed by atoms with Crippen LogP contribution in [0.4, 0.5) is 10.8 Å². The molecule has 12 heteroatoms. The fourth-order valence-corrected chi connectivity index (χ4v) is 3.30. The number of carbonyl (C=O) groups excluding carboxylic acids is 2. The van der Waals surface area contributed by atoms with E-state index in [1.54, 1.807) is 0 Å². The zero-order valence-electron chi connectivity index (χ0n) is 12.0. The van der Waals surface area contributed by atoms with Gasteiger partial charge in [-0.1, -0.05) is 34.7 Å². The van der Waals surface area contributed by atoms with E-state index in [-0.39, 0.29) is 27.2 Å². The van der Waals surface area contributed by atoms with Crippen molar-refractivity contribution >= 4 is 57.4 Å². The van der Waals surface area contributed by atoms with E-state index in [1.807, 2.05) is 0 Å². The van der Waals surface area contributed by atoms with Crippen LogP contribution in [0.5, 0.6) is 0 Å². The molecule has 24 heavy (non-hydrogen) atoms. The Labute approximate surface area is 148 Å². The van der Waals surface area contributed by atoms with E-state index in [2.05, 4.69) is 20.3 Å². The summed E-state index contributed by atoms with van der Waals surface area (Å²) >= 11 is 8.08. The molecule has 0 atom stereocenters. The highest BCUT2D eigenvalue weighted by molar-refractivity contribution is 8.01. The number of hydrogen-bond donors (Lipinski definition) is 1. The minimum Gasteiger partial charge on any atom is -0.468 e. The predicted molar refractivity (Wildman–Crippen MR) is 88.7 cm³/mol. The summed E-state index contributed by atoms with van der Waals surface area (Å²) in [4.78, 5) is 33.2. The van der Waals surface area contributed by atoms with Gasteiger partial charge in [-0.3, -0.25) is 25.0 Å². The van der Waals surface area contributed by atoms with Crippen molar-refractivity contribution < 1.29 is 19.2 Å². The minimum absolute atomic E-state index is 0.0495. The van der Waals surface area contributed by atoms with Crippen LogP contribution in [-0.2, 0) is 9.53 Å². The number of aromatic nitrogens is 2. The number of benzene rings is 1. The Morgan fingerprint density at radius 2 is 2.21 bits per heavy atom. The molecule has 1 amide bonds. The van der Waals surface area contributed by atoms with Gasteiger partial charge in [-0.25, -0.2) is 0 Å².